The molecule has 34 heavy (non-hydrogen) atoms. The van der Waals surface area contributed by atoms with E-state index in [0.29, 0.717) is 42.7 Å². The van der Waals surface area contributed by atoms with Gasteiger partial charge in [-0.3, -0.25) is 0 Å². The highest BCUT2D eigenvalue weighted by molar-refractivity contribution is 5.88. The van der Waals surface area contributed by atoms with Gasteiger partial charge in [-0.05, 0) is 111 Å². The van der Waals surface area contributed by atoms with Crippen molar-refractivity contribution in [1.29, 1.82) is 0 Å². The molecule has 4 fully saturated rings. The first kappa shape index (κ1) is 25.9. The zero-order chi connectivity index (χ0) is 25.2. The monoisotopic (exact) mass is 474 g/mol. The molecular formula is C29H46O5. The number of aliphatic hydroxyl groups excluding tert-OH is 3. The molecule has 4 saturated carbocycles. The van der Waals surface area contributed by atoms with Crippen LogP contribution in [0.2, 0.25) is 0 Å². The molecule has 4 rings (SSSR count). The summed E-state index contributed by atoms with van der Waals surface area (Å²) in [6, 6.07) is 0. The average Bonchev–Trinajstić information content (AvgIpc) is 2.99. The Morgan fingerprint density at radius 2 is 1.71 bits per heavy atom. The summed E-state index contributed by atoms with van der Waals surface area (Å²) < 4.78 is 0. The van der Waals surface area contributed by atoms with E-state index in [1.54, 1.807) is 0 Å². The summed E-state index contributed by atoms with van der Waals surface area (Å²) >= 11 is 0. The topological polar surface area (TPSA) is 98.0 Å². The largest absolute Gasteiger partial charge is 0.478 e. The van der Waals surface area contributed by atoms with Gasteiger partial charge in [0.1, 0.15) is 0 Å². The Morgan fingerprint density at radius 3 is 2.32 bits per heavy atom. The van der Waals surface area contributed by atoms with Crippen molar-refractivity contribution in [3.05, 3.63) is 22.8 Å². The average molecular weight is 475 g/mol. The molecule has 0 bridgehead atoms. The molecule has 192 valence electrons. The van der Waals surface area contributed by atoms with Crippen LogP contribution < -0.4 is 0 Å². The van der Waals surface area contributed by atoms with Gasteiger partial charge in [0.05, 0.1) is 18.3 Å². The number of carboxylic acids is 1. The van der Waals surface area contributed by atoms with Crippen LogP contribution in [-0.4, -0.2) is 44.7 Å². The van der Waals surface area contributed by atoms with E-state index in [1.165, 1.54) is 0 Å². The van der Waals surface area contributed by atoms with E-state index < -0.39 is 18.2 Å². The lowest BCUT2D eigenvalue weighted by molar-refractivity contribution is -0.233. The van der Waals surface area contributed by atoms with Gasteiger partial charge in [-0.1, -0.05) is 39.3 Å². The Kier molecular flexibility index (Phi) is 6.66. The van der Waals surface area contributed by atoms with Crippen molar-refractivity contribution in [3.63, 3.8) is 0 Å². The third kappa shape index (κ3) is 3.64. The molecular weight excluding hydrogens is 428 g/mol. The fraction of sp³-hybridized carbons (Fsp3) is 0.828. The summed E-state index contributed by atoms with van der Waals surface area (Å²) in [5.41, 5.74) is 1.66. The van der Waals surface area contributed by atoms with E-state index in [4.69, 9.17) is 0 Å². The van der Waals surface area contributed by atoms with Crippen molar-refractivity contribution in [2.24, 2.45) is 39.9 Å². The molecule has 0 unspecified atom stereocenters. The Labute approximate surface area is 205 Å². The highest BCUT2D eigenvalue weighted by atomic mass is 16.4. The van der Waals surface area contributed by atoms with Crippen molar-refractivity contribution < 1.29 is 25.2 Å². The molecule has 0 aromatic rings. The van der Waals surface area contributed by atoms with Crippen LogP contribution in [0.5, 0.6) is 0 Å². The van der Waals surface area contributed by atoms with Crippen LogP contribution in [0, 0.1) is 39.9 Å². The van der Waals surface area contributed by atoms with Crippen LogP contribution in [0.4, 0.5) is 0 Å². The number of allylic oxidation sites excluding steroid dienone is 2. The molecule has 0 heterocycles. The maximum absolute atomic E-state index is 12.4. The maximum Gasteiger partial charge on any atom is 0.331 e. The second kappa shape index (κ2) is 8.74. The number of fused-ring (bicyclic) bond motifs is 5. The van der Waals surface area contributed by atoms with Crippen LogP contribution in [0.25, 0.3) is 0 Å². The molecule has 4 N–H and O–H groups in total. The summed E-state index contributed by atoms with van der Waals surface area (Å²) in [4.78, 5) is 12.4. The second-order valence-electron chi connectivity index (χ2n) is 13.1. The molecule has 0 radical (unpaired) electrons. The lowest BCUT2D eigenvalue weighted by Crippen LogP contribution is -2.65. The van der Waals surface area contributed by atoms with E-state index in [0.717, 1.165) is 31.3 Å². The van der Waals surface area contributed by atoms with Gasteiger partial charge in [-0.15, -0.1) is 0 Å². The number of hydrogen-bond acceptors (Lipinski definition) is 4. The fourth-order valence-electron chi connectivity index (χ4n) is 9.51. The minimum atomic E-state index is -0.937. The predicted octanol–water partition coefficient (Wildman–Crippen LogP) is 5.10. The maximum atomic E-state index is 12.4. The quantitative estimate of drug-likeness (QED) is 0.336. The summed E-state index contributed by atoms with van der Waals surface area (Å²) in [5.74, 6) is -0.375. The lowest BCUT2D eigenvalue weighted by Gasteiger charge is -2.69. The van der Waals surface area contributed by atoms with E-state index in [9.17, 15) is 25.2 Å². The summed E-state index contributed by atoms with van der Waals surface area (Å²) in [6.07, 6.45) is 6.25. The van der Waals surface area contributed by atoms with Crippen molar-refractivity contribution in [2.45, 2.75) is 111 Å². The third-order valence-corrected chi connectivity index (χ3v) is 11.3. The van der Waals surface area contributed by atoms with Crippen LogP contribution in [0.3, 0.4) is 0 Å². The first-order valence-electron chi connectivity index (χ1n) is 13.4. The first-order chi connectivity index (χ1) is 15.8. The number of aliphatic carboxylic acids is 1. The Morgan fingerprint density at radius 1 is 1.03 bits per heavy atom. The summed E-state index contributed by atoms with van der Waals surface area (Å²) in [6.45, 7) is 13.1. The minimum absolute atomic E-state index is 0.0600. The predicted molar refractivity (Wildman–Crippen MR) is 133 cm³/mol. The van der Waals surface area contributed by atoms with E-state index in [2.05, 4.69) is 33.8 Å². The van der Waals surface area contributed by atoms with Crippen molar-refractivity contribution in [1.82, 2.24) is 0 Å². The molecule has 4 aliphatic carbocycles. The number of carbonyl (C=O) groups is 1. The molecule has 0 aromatic heterocycles. The molecule has 0 aliphatic heterocycles. The first-order valence-corrected chi connectivity index (χ1v) is 13.4. The van der Waals surface area contributed by atoms with Gasteiger partial charge in [0.15, 0.2) is 0 Å². The minimum Gasteiger partial charge on any atom is -0.478 e. The molecule has 0 aromatic carbocycles. The van der Waals surface area contributed by atoms with E-state index in [-0.39, 0.29) is 40.1 Å². The van der Waals surface area contributed by atoms with Gasteiger partial charge in [-0.25, -0.2) is 4.79 Å². The van der Waals surface area contributed by atoms with Crippen molar-refractivity contribution in [2.75, 3.05) is 0 Å². The number of carboxylic acid groups (broad SMARTS) is 1. The number of aliphatic hydroxyl groups is 3. The van der Waals surface area contributed by atoms with E-state index >= 15 is 0 Å². The van der Waals surface area contributed by atoms with Crippen LogP contribution in [-0.2, 0) is 4.79 Å². The number of hydrogen-bond donors (Lipinski definition) is 4. The Balaban J connectivity index is 1.76. The SMILES string of the molecule is CC(C)=CCC/C(C(=O)O)=C1\[C@H](O)C[C@]2(C)[C@H]1C[C@@H](O)[C@H]1[C@]3(C)CC[C@@H](O)[C@@H](C)[C@@H]3CC[C@]12C. The van der Waals surface area contributed by atoms with Gasteiger partial charge >= 0.3 is 5.97 Å². The van der Waals surface area contributed by atoms with Crippen LogP contribution in [0.15, 0.2) is 22.8 Å². The zero-order valence-corrected chi connectivity index (χ0v) is 22.0. The molecule has 4 aliphatic rings. The fourth-order valence-corrected chi connectivity index (χ4v) is 9.51. The lowest BCUT2D eigenvalue weighted by atomic mass is 9.36. The van der Waals surface area contributed by atoms with Crippen LogP contribution >= 0.6 is 0 Å². The highest BCUT2D eigenvalue weighted by Gasteiger charge is 2.70. The molecule has 0 amide bonds. The number of rotatable bonds is 4. The third-order valence-electron chi connectivity index (χ3n) is 11.3. The highest BCUT2D eigenvalue weighted by Crippen LogP contribution is 2.74. The van der Waals surface area contributed by atoms with Gasteiger partial charge in [0, 0.05) is 5.57 Å². The molecule has 10 atom stereocenters. The molecule has 5 heteroatoms. The zero-order valence-electron chi connectivity index (χ0n) is 22.0. The Hall–Kier alpha value is -1.17. The molecule has 0 saturated heterocycles. The molecule has 5 nitrogen and oxygen atoms in total. The summed E-state index contributed by atoms with van der Waals surface area (Å²) in [7, 11) is 0. The van der Waals surface area contributed by atoms with Gasteiger partial charge in [-0.2, -0.15) is 0 Å². The summed E-state index contributed by atoms with van der Waals surface area (Å²) in [5, 5.41) is 43.8. The normalized spacial score (nSPS) is 49.5. The van der Waals surface area contributed by atoms with Crippen molar-refractivity contribution in [3.8, 4) is 0 Å². The van der Waals surface area contributed by atoms with Gasteiger partial charge in [0.2, 0.25) is 0 Å². The Bertz CT molecular complexity index is 887. The molecule has 0 spiro atoms. The van der Waals surface area contributed by atoms with E-state index in [1.807, 2.05) is 13.8 Å². The van der Waals surface area contributed by atoms with Gasteiger partial charge < -0.3 is 20.4 Å². The van der Waals surface area contributed by atoms with Gasteiger partial charge in [0.25, 0.3) is 0 Å². The van der Waals surface area contributed by atoms with Crippen LogP contribution in [0.1, 0.15) is 92.9 Å². The second-order valence-corrected chi connectivity index (χ2v) is 13.1. The smallest absolute Gasteiger partial charge is 0.331 e. The standard InChI is InChI=1S/C29H46O5/c1-16(2)8-7-9-18(26(33)34)24-20-14-22(31)25-27(4)12-11-21(30)17(3)19(27)10-13-28(25,5)29(20,6)15-23(24)32/h8,17,19-23,25,30-32H,7,9-15H2,1-6H3,(H,33,34)/b24-18+/t17-,19-,20-,21+,22+,23+,25-,27+,28+,29+/m0/s1. The van der Waals surface area contributed by atoms with Crippen molar-refractivity contribution >= 4 is 5.97 Å².